The average Bonchev–Trinajstić information content (AvgIpc) is 3.45. The van der Waals surface area contributed by atoms with Crippen molar-refractivity contribution in [1.29, 1.82) is 0 Å². The van der Waals surface area contributed by atoms with Gasteiger partial charge < -0.3 is 10.1 Å². The number of rotatable bonds is 8. The molecule has 1 aliphatic heterocycles. The van der Waals surface area contributed by atoms with Crippen LogP contribution in [0.25, 0.3) is 0 Å². The smallest absolute Gasteiger partial charge is 0.338 e. The Hall–Kier alpha value is -3.78. The highest BCUT2D eigenvalue weighted by atomic mass is 32.1. The summed E-state index contributed by atoms with van der Waals surface area (Å²) in [6, 6.07) is 17.1. The van der Waals surface area contributed by atoms with Crippen molar-refractivity contribution in [1.82, 2.24) is 10.2 Å². The van der Waals surface area contributed by atoms with Gasteiger partial charge in [-0.15, -0.1) is 11.3 Å². The second-order valence-electron chi connectivity index (χ2n) is 8.32. The van der Waals surface area contributed by atoms with Crippen molar-refractivity contribution in [3.8, 4) is 0 Å². The van der Waals surface area contributed by atoms with Crippen LogP contribution in [0, 0.1) is 5.92 Å². The highest BCUT2D eigenvalue weighted by Crippen LogP contribution is 2.27. The third-order valence-corrected chi connectivity index (χ3v) is 6.51. The zero-order chi connectivity index (χ0) is 24.2. The zero-order valence-corrected chi connectivity index (χ0v) is 19.6. The third kappa shape index (κ3) is 4.92. The van der Waals surface area contributed by atoms with Crippen molar-refractivity contribution in [2.24, 2.45) is 5.92 Å². The maximum Gasteiger partial charge on any atom is 0.338 e. The molecule has 4 rings (SSSR count). The number of hydrogen-bond acceptors (Lipinski definition) is 6. The van der Waals surface area contributed by atoms with Crippen molar-refractivity contribution in [2.45, 2.75) is 26.4 Å². The van der Waals surface area contributed by atoms with Crippen LogP contribution in [-0.2, 0) is 16.1 Å². The van der Waals surface area contributed by atoms with Crippen LogP contribution >= 0.6 is 11.3 Å². The molecule has 0 bridgehead atoms. The Kier molecular flexibility index (Phi) is 6.88. The van der Waals surface area contributed by atoms with E-state index in [4.69, 9.17) is 4.74 Å². The lowest BCUT2D eigenvalue weighted by Gasteiger charge is -2.21. The highest BCUT2D eigenvalue weighted by molar-refractivity contribution is 7.10. The summed E-state index contributed by atoms with van der Waals surface area (Å²) in [7, 11) is 0. The fourth-order valence-corrected chi connectivity index (χ4v) is 4.74. The first kappa shape index (κ1) is 23.4. The molecule has 7 nitrogen and oxygen atoms in total. The van der Waals surface area contributed by atoms with Gasteiger partial charge in [-0.05, 0) is 41.1 Å². The van der Waals surface area contributed by atoms with Gasteiger partial charge in [0.25, 0.3) is 17.7 Å². The predicted octanol–water partition coefficient (Wildman–Crippen LogP) is 4.21. The number of nitrogens with zero attached hydrogens (tertiary/aromatic N) is 1. The van der Waals surface area contributed by atoms with Gasteiger partial charge in [-0.2, -0.15) is 0 Å². The molecule has 1 aliphatic rings. The first-order valence-corrected chi connectivity index (χ1v) is 11.8. The molecule has 0 fully saturated rings. The van der Waals surface area contributed by atoms with Gasteiger partial charge >= 0.3 is 5.97 Å². The second kappa shape index (κ2) is 10.0. The van der Waals surface area contributed by atoms with Gasteiger partial charge in [-0.25, -0.2) is 4.79 Å². The topological polar surface area (TPSA) is 92.8 Å². The Morgan fingerprint density at radius 3 is 2.38 bits per heavy atom. The van der Waals surface area contributed by atoms with Crippen LogP contribution in [0.2, 0.25) is 0 Å². The van der Waals surface area contributed by atoms with Crippen molar-refractivity contribution in [3.05, 3.63) is 93.2 Å². The van der Waals surface area contributed by atoms with Crippen LogP contribution in [-0.4, -0.2) is 35.2 Å². The zero-order valence-electron chi connectivity index (χ0n) is 18.8. The fourth-order valence-electron chi connectivity index (χ4n) is 3.79. The van der Waals surface area contributed by atoms with E-state index in [0.29, 0.717) is 0 Å². The highest BCUT2D eigenvalue weighted by Gasteiger charge is 2.36. The molecule has 1 aromatic heterocycles. The monoisotopic (exact) mass is 476 g/mol. The van der Waals surface area contributed by atoms with Crippen LogP contribution in [0.4, 0.5) is 0 Å². The van der Waals surface area contributed by atoms with Crippen LogP contribution in [0.1, 0.15) is 61.4 Å². The summed E-state index contributed by atoms with van der Waals surface area (Å²) in [4.78, 5) is 52.7. The standard InChI is InChI=1S/C26H24N2O5S/c1-16(2)23(21-9-6-12-34-21)27-22(29)15-33-26(32)18-10-11-19-20(13-18)25(31)28(24(19)30)14-17-7-4-3-5-8-17/h3-13,16,23H,14-15H2,1-2H3,(H,27,29). The Morgan fingerprint density at radius 1 is 0.971 bits per heavy atom. The largest absolute Gasteiger partial charge is 0.452 e. The van der Waals surface area contributed by atoms with E-state index >= 15 is 0 Å². The number of nitrogens with one attached hydrogen (secondary N) is 1. The molecule has 1 N–H and O–H groups in total. The Balaban J connectivity index is 1.39. The van der Waals surface area contributed by atoms with E-state index in [1.807, 2.05) is 61.7 Å². The van der Waals surface area contributed by atoms with Gasteiger partial charge in [-0.3, -0.25) is 19.3 Å². The number of imide groups is 1. The minimum atomic E-state index is -0.739. The molecule has 0 radical (unpaired) electrons. The first-order valence-electron chi connectivity index (χ1n) is 10.9. The maximum atomic E-state index is 12.8. The number of benzene rings is 2. The Bertz CT molecular complexity index is 1220. The number of fused-ring (bicyclic) bond motifs is 1. The molecule has 8 heteroatoms. The number of esters is 1. The lowest BCUT2D eigenvalue weighted by Crippen LogP contribution is -2.34. The van der Waals surface area contributed by atoms with E-state index in [0.717, 1.165) is 15.3 Å². The summed E-state index contributed by atoms with van der Waals surface area (Å²) in [5, 5.41) is 4.84. The number of carbonyl (C=O) groups is 4. The molecule has 0 spiro atoms. The van der Waals surface area contributed by atoms with E-state index in [9.17, 15) is 19.2 Å². The molecule has 0 saturated carbocycles. The lowest BCUT2D eigenvalue weighted by molar-refractivity contribution is -0.125. The molecule has 3 aromatic rings. The molecule has 0 saturated heterocycles. The van der Waals surface area contributed by atoms with E-state index in [2.05, 4.69) is 5.32 Å². The summed E-state index contributed by atoms with van der Waals surface area (Å²) in [6.07, 6.45) is 0. The molecule has 174 valence electrons. The van der Waals surface area contributed by atoms with Crippen molar-refractivity contribution in [2.75, 3.05) is 6.61 Å². The molecule has 34 heavy (non-hydrogen) atoms. The quantitative estimate of drug-likeness (QED) is 0.388. The number of amides is 3. The van der Waals surface area contributed by atoms with E-state index in [1.165, 1.54) is 18.2 Å². The molecule has 0 aliphatic carbocycles. The second-order valence-corrected chi connectivity index (χ2v) is 9.30. The van der Waals surface area contributed by atoms with Crippen LogP contribution in [0.3, 0.4) is 0 Å². The van der Waals surface area contributed by atoms with Crippen LogP contribution in [0.5, 0.6) is 0 Å². The first-order chi connectivity index (χ1) is 16.3. The van der Waals surface area contributed by atoms with Crippen molar-refractivity contribution < 1.29 is 23.9 Å². The predicted molar refractivity (Wildman–Crippen MR) is 127 cm³/mol. The molecule has 2 heterocycles. The molecule has 2 aromatic carbocycles. The lowest BCUT2D eigenvalue weighted by atomic mass is 10.0. The number of carbonyl (C=O) groups excluding carboxylic acids is 4. The fraction of sp³-hybridized carbons (Fsp3) is 0.231. The Labute approximate surface area is 201 Å². The molecule has 3 amide bonds. The minimum absolute atomic E-state index is 0.105. The summed E-state index contributed by atoms with van der Waals surface area (Å²) in [5.74, 6) is -1.86. The van der Waals surface area contributed by atoms with Gasteiger partial charge in [0, 0.05) is 4.88 Å². The average molecular weight is 477 g/mol. The van der Waals surface area contributed by atoms with Gasteiger partial charge in [0.2, 0.25) is 0 Å². The number of thiophene rings is 1. The van der Waals surface area contributed by atoms with E-state index in [-0.39, 0.29) is 35.2 Å². The summed E-state index contributed by atoms with van der Waals surface area (Å²) in [6.45, 7) is 3.70. The number of ether oxygens (including phenoxy) is 1. The van der Waals surface area contributed by atoms with Crippen molar-refractivity contribution >= 4 is 35.0 Å². The van der Waals surface area contributed by atoms with Crippen molar-refractivity contribution in [3.63, 3.8) is 0 Å². The molecular weight excluding hydrogens is 452 g/mol. The minimum Gasteiger partial charge on any atom is -0.452 e. The van der Waals surface area contributed by atoms with Gasteiger partial charge in [0.15, 0.2) is 6.61 Å². The summed E-state index contributed by atoms with van der Waals surface area (Å²) >= 11 is 1.55. The van der Waals surface area contributed by atoms with Gasteiger partial charge in [-0.1, -0.05) is 50.2 Å². The summed E-state index contributed by atoms with van der Waals surface area (Å²) in [5.41, 5.74) is 1.32. The van der Waals surface area contributed by atoms with Crippen LogP contribution < -0.4 is 5.32 Å². The normalized spacial score (nSPS) is 13.7. The molecule has 1 unspecified atom stereocenters. The van der Waals surface area contributed by atoms with E-state index in [1.54, 1.807) is 11.3 Å². The van der Waals surface area contributed by atoms with Gasteiger partial charge in [0.1, 0.15) is 0 Å². The number of hydrogen-bond donors (Lipinski definition) is 1. The van der Waals surface area contributed by atoms with Gasteiger partial charge in [0.05, 0.1) is 29.3 Å². The van der Waals surface area contributed by atoms with Crippen LogP contribution in [0.15, 0.2) is 66.0 Å². The molecular formula is C26H24N2O5S. The third-order valence-electron chi connectivity index (χ3n) is 5.56. The van der Waals surface area contributed by atoms with E-state index < -0.39 is 30.3 Å². The summed E-state index contributed by atoms with van der Waals surface area (Å²) < 4.78 is 5.17. The Morgan fingerprint density at radius 2 is 1.71 bits per heavy atom. The maximum absolute atomic E-state index is 12.8. The molecule has 1 atom stereocenters. The SMILES string of the molecule is CC(C)C(NC(=O)COC(=O)c1ccc2c(c1)C(=O)N(Cc1ccccc1)C2=O)c1cccs1.